The van der Waals surface area contributed by atoms with Crippen LogP contribution in [0.2, 0.25) is 0 Å². The number of urea groups is 1. The van der Waals surface area contributed by atoms with Crippen LogP contribution in [0.1, 0.15) is 11.1 Å². The number of H-pyrrole nitrogens is 1. The summed E-state index contributed by atoms with van der Waals surface area (Å²) in [6, 6.07) is 9.90. The topological polar surface area (TPSA) is 137 Å². The first kappa shape index (κ1) is 26.3. The number of aromatic amines is 1. The Kier molecular flexibility index (Phi) is 9.03. The van der Waals surface area contributed by atoms with Crippen LogP contribution < -0.4 is 15.4 Å². The number of halogens is 2. The fourth-order valence-electron chi connectivity index (χ4n) is 3.39. The van der Waals surface area contributed by atoms with Crippen LogP contribution in [-0.4, -0.2) is 45.8 Å². The highest BCUT2D eigenvalue weighted by molar-refractivity contribution is 6.01. The summed E-state index contributed by atoms with van der Waals surface area (Å²) in [5.41, 5.74) is 1.97. The fourth-order valence-corrected chi connectivity index (χ4v) is 3.39. The molecule has 2 aromatic heterocycles. The molecule has 0 aliphatic heterocycles. The Hall–Kier alpha value is -4.35. The quantitative estimate of drug-likeness (QED) is 0.264. The van der Waals surface area contributed by atoms with Crippen LogP contribution in [0, 0.1) is 11.6 Å². The Bertz CT molecular complexity index is 1340. The number of carbonyl (C=O) groups is 2. The number of rotatable bonds is 7. The number of benzene rings is 2. The number of anilines is 1. The maximum Gasteiger partial charge on any atom is 0.325 e. The number of aromatic nitrogens is 2. The zero-order valence-corrected chi connectivity index (χ0v) is 19.2. The number of nitrogens with zero attached hydrogens (tertiary/aromatic N) is 1. The number of aliphatic hydroxyl groups is 2. The molecule has 0 spiro atoms. The summed E-state index contributed by atoms with van der Waals surface area (Å²) in [5, 5.41) is 21.4. The van der Waals surface area contributed by atoms with Gasteiger partial charge in [0.1, 0.15) is 17.2 Å². The van der Waals surface area contributed by atoms with Gasteiger partial charge < -0.3 is 25.3 Å². The summed E-state index contributed by atoms with van der Waals surface area (Å²) >= 11 is 0. The maximum atomic E-state index is 14.7. The van der Waals surface area contributed by atoms with Crippen molar-refractivity contribution in [2.45, 2.75) is 12.8 Å². The molecule has 0 radical (unpaired) electrons. The van der Waals surface area contributed by atoms with Crippen molar-refractivity contribution in [3.8, 4) is 11.5 Å². The van der Waals surface area contributed by atoms with Gasteiger partial charge in [0.2, 0.25) is 5.91 Å². The van der Waals surface area contributed by atoms with E-state index >= 15 is 0 Å². The molecule has 0 aliphatic rings. The van der Waals surface area contributed by atoms with E-state index in [4.69, 9.17) is 9.84 Å². The lowest BCUT2D eigenvalue weighted by Crippen LogP contribution is -2.35. The van der Waals surface area contributed by atoms with Crippen LogP contribution in [0.5, 0.6) is 11.5 Å². The minimum absolute atomic E-state index is 0.0650. The molecule has 188 valence electrons. The highest BCUT2D eigenvalue weighted by atomic mass is 19.1. The number of amides is 3. The Morgan fingerprint density at radius 1 is 1.06 bits per heavy atom. The lowest BCUT2D eigenvalue weighted by atomic mass is 10.1. The normalized spacial score (nSPS) is 10.4. The van der Waals surface area contributed by atoms with Gasteiger partial charge in [-0.15, -0.1) is 0 Å². The molecule has 0 unspecified atom stereocenters. The molecule has 0 saturated heterocycles. The molecular formula is C25H24F2N4O5. The number of aliphatic hydroxyl groups excluding tert-OH is 2. The summed E-state index contributed by atoms with van der Waals surface area (Å²) in [6.07, 6.45) is 3.48. The molecule has 11 heteroatoms. The van der Waals surface area contributed by atoms with Crippen LogP contribution in [-0.2, 0) is 17.6 Å². The van der Waals surface area contributed by atoms with Crippen LogP contribution in [0.4, 0.5) is 19.3 Å². The van der Waals surface area contributed by atoms with E-state index in [-0.39, 0.29) is 24.5 Å². The van der Waals surface area contributed by atoms with Gasteiger partial charge in [-0.1, -0.05) is 12.1 Å². The third-order valence-electron chi connectivity index (χ3n) is 4.94. The van der Waals surface area contributed by atoms with Crippen LogP contribution >= 0.6 is 0 Å². The second-order valence-corrected chi connectivity index (χ2v) is 7.37. The molecule has 0 atom stereocenters. The molecule has 9 nitrogen and oxygen atoms in total. The molecule has 36 heavy (non-hydrogen) atoms. The van der Waals surface area contributed by atoms with E-state index in [0.29, 0.717) is 28.8 Å². The third-order valence-corrected chi connectivity index (χ3v) is 4.94. The van der Waals surface area contributed by atoms with Gasteiger partial charge in [0.05, 0.1) is 11.8 Å². The Labute approximate surface area is 204 Å². The van der Waals surface area contributed by atoms with Crippen molar-refractivity contribution in [3.63, 3.8) is 0 Å². The molecular weight excluding hydrogens is 474 g/mol. The predicted molar refractivity (Wildman–Crippen MR) is 129 cm³/mol. The highest BCUT2D eigenvalue weighted by Crippen LogP contribution is 2.33. The number of ether oxygens (including phenoxy) is 1. The van der Waals surface area contributed by atoms with E-state index < -0.39 is 23.6 Å². The average Bonchev–Trinajstić information content (AvgIpc) is 3.27. The van der Waals surface area contributed by atoms with Crippen molar-refractivity contribution in [2.24, 2.45) is 0 Å². The first-order chi connectivity index (χ1) is 17.4. The predicted octanol–water partition coefficient (Wildman–Crippen LogP) is 3.67. The van der Waals surface area contributed by atoms with Crippen molar-refractivity contribution in [1.29, 1.82) is 0 Å². The monoisotopic (exact) mass is 498 g/mol. The van der Waals surface area contributed by atoms with E-state index in [1.165, 1.54) is 42.6 Å². The second-order valence-electron chi connectivity index (χ2n) is 7.37. The van der Waals surface area contributed by atoms with Gasteiger partial charge in [0.25, 0.3) is 0 Å². The number of carbonyl (C=O) groups excluding carboxylic acids is 2. The van der Waals surface area contributed by atoms with Gasteiger partial charge in [-0.25, -0.2) is 18.6 Å². The van der Waals surface area contributed by atoms with Crippen LogP contribution in [0.25, 0.3) is 11.0 Å². The van der Waals surface area contributed by atoms with E-state index in [2.05, 4.69) is 20.6 Å². The summed E-state index contributed by atoms with van der Waals surface area (Å²) < 4.78 is 33.4. The SMILES string of the molecule is CO.O=C(Cc1ccc(F)cc1)NC(=O)Nc1ccc(Oc2ccnc3[nH]cc(CCO)c23)c(F)c1. The summed E-state index contributed by atoms with van der Waals surface area (Å²) in [5.74, 6) is -1.49. The number of nitrogens with one attached hydrogen (secondary N) is 3. The van der Waals surface area contributed by atoms with Crippen LogP contribution in [0.15, 0.2) is 60.9 Å². The van der Waals surface area contributed by atoms with Crippen molar-refractivity contribution < 1.29 is 33.3 Å². The van der Waals surface area contributed by atoms with E-state index in [1.807, 2.05) is 0 Å². The molecule has 4 aromatic rings. The van der Waals surface area contributed by atoms with Gasteiger partial charge in [-0.05, 0) is 47.9 Å². The Balaban J connectivity index is 0.00000176. The van der Waals surface area contributed by atoms with Crippen molar-refractivity contribution in [1.82, 2.24) is 15.3 Å². The van der Waals surface area contributed by atoms with Gasteiger partial charge in [-0.2, -0.15) is 0 Å². The molecule has 2 heterocycles. The standard InChI is InChI=1S/C24H20F2N4O4.CH4O/c25-16-3-1-14(2-4-16)11-21(32)30-24(33)29-17-5-6-19(18(26)12-17)34-20-7-9-27-23-22(20)15(8-10-31)13-28-23;1-2/h1-7,9,12-13,31H,8,10-11H2,(H,27,28)(H2,29,30,32,33);2H,1H3. The fraction of sp³-hybridized carbons (Fsp3) is 0.160. The van der Waals surface area contributed by atoms with E-state index in [1.54, 1.807) is 12.3 Å². The van der Waals surface area contributed by atoms with E-state index in [0.717, 1.165) is 18.7 Å². The molecule has 5 N–H and O–H groups in total. The minimum atomic E-state index is -0.836. The first-order valence-corrected chi connectivity index (χ1v) is 10.8. The zero-order valence-electron chi connectivity index (χ0n) is 19.2. The molecule has 2 aromatic carbocycles. The summed E-state index contributed by atoms with van der Waals surface area (Å²) in [4.78, 5) is 31.3. The van der Waals surface area contributed by atoms with Gasteiger partial charge in [-0.3, -0.25) is 10.1 Å². The van der Waals surface area contributed by atoms with E-state index in [9.17, 15) is 23.5 Å². The molecule has 0 bridgehead atoms. The summed E-state index contributed by atoms with van der Waals surface area (Å²) in [6.45, 7) is -0.0650. The maximum absolute atomic E-state index is 14.7. The summed E-state index contributed by atoms with van der Waals surface area (Å²) in [7, 11) is 1.00. The number of hydrogen-bond donors (Lipinski definition) is 5. The van der Waals surface area contributed by atoms with Gasteiger partial charge in [0, 0.05) is 37.9 Å². The zero-order chi connectivity index (χ0) is 26.1. The van der Waals surface area contributed by atoms with Crippen molar-refractivity contribution in [2.75, 3.05) is 19.0 Å². The largest absolute Gasteiger partial charge is 0.453 e. The third kappa shape index (κ3) is 6.62. The first-order valence-electron chi connectivity index (χ1n) is 10.8. The Morgan fingerprint density at radius 2 is 1.81 bits per heavy atom. The number of hydrogen-bond acceptors (Lipinski definition) is 6. The van der Waals surface area contributed by atoms with Gasteiger partial charge >= 0.3 is 6.03 Å². The number of pyridine rings is 1. The second kappa shape index (κ2) is 12.4. The molecule has 0 fully saturated rings. The molecule has 4 rings (SSSR count). The lowest BCUT2D eigenvalue weighted by Gasteiger charge is -2.11. The Morgan fingerprint density at radius 3 is 2.50 bits per heavy atom. The molecule has 0 saturated carbocycles. The lowest BCUT2D eigenvalue weighted by molar-refractivity contribution is -0.119. The van der Waals surface area contributed by atoms with Crippen molar-refractivity contribution in [3.05, 3.63) is 83.7 Å². The number of fused-ring (bicyclic) bond motifs is 1. The van der Waals surface area contributed by atoms with Crippen molar-refractivity contribution >= 4 is 28.7 Å². The van der Waals surface area contributed by atoms with Gasteiger partial charge in [0.15, 0.2) is 11.6 Å². The highest BCUT2D eigenvalue weighted by Gasteiger charge is 2.15. The van der Waals surface area contributed by atoms with Crippen LogP contribution in [0.3, 0.4) is 0 Å². The molecule has 0 aliphatic carbocycles. The smallest absolute Gasteiger partial charge is 0.325 e. The number of imide groups is 1. The molecule has 3 amide bonds. The minimum Gasteiger partial charge on any atom is -0.453 e. The average molecular weight is 498 g/mol.